The zero-order valence-electron chi connectivity index (χ0n) is 15.0. The average Bonchev–Trinajstić information content (AvgIpc) is 2.56. The van der Waals surface area contributed by atoms with E-state index in [4.69, 9.17) is 4.74 Å². The monoisotopic (exact) mass is 325 g/mol. The Hall–Kier alpha value is -2.29. The average molecular weight is 325 g/mol. The molecule has 128 valence electrons. The first kappa shape index (κ1) is 18.1. The topological polar surface area (TPSA) is 38.3 Å². The standard InChI is InChI=1S/C21H27NO2/c1-15(2)12-20(18-8-6-5-7-9-18)22-21(23)14-24-19-11-10-16(3)17(4)13-19/h5-11,13,15,20H,12,14H2,1-4H3,(H,22,23). The van der Waals surface area contributed by atoms with Gasteiger partial charge >= 0.3 is 0 Å². The Morgan fingerprint density at radius 2 is 1.75 bits per heavy atom. The summed E-state index contributed by atoms with van der Waals surface area (Å²) in [5, 5.41) is 3.10. The summed E-state index contributed by atoms with van der Waals surface area (Å²) in [6.07, 6.45) is 0.902. The third kappa shape index (κ3) is 5.41. The number of hydrogen-bond donors (Lipinski definition) is 1. The summed E-state index contributed by atoms with van der Waals surface area (Å²) in [6.45, 7) is 8.45. The van der Waals surface area contributed by atoms with Crippen molar-refractivity contribution in [3.05, 3.63) is 65.2 Å². The molecule has 1 unspecified atom stereocenters. The van der Waals surface area contributed by atoms with Gasteiger partial charge in [0, 0.05) is 0 Å². The molecular formula is C21H27NO2. The molecule has 1 amide bonds. The quantitative estimate of drug-likeness (QED) is 0.809. The molecule has 0 aliphatic rings. The maximum absolute atomic E-state index is 12.3. The molecule has 0 aromatic heterocycles. The van der Waals surface area contributed by atoms with Crippen LogP contribution in [0.15, 0.2) is 48.5 Å². The predicted molar refractivity (Wildman–Crippen MR) is 98.2 cm³/mol. The van der Waals surface area contributed by atoms with Crippen molar-refractivity contribution in [1.82, 2.24) is 5.32 Å². The molecule has 1 N–H and O–H groups in total. The molecule has 0 fully saturated rings. The van der Waals surface area contributed by atoms with E-state index < -0.39 is 0 Å². The van der Waals surface area contributed by atoms with Gasteiger partial charge in [-0.3, -0.25) is 4.79 Å². The van der Waals surface area contributed by atoms with Gasteiger partial charge in [-0.1, -0.05) is 50.2 Å². The summed E-state index contributed by atoms with van der Waals surface area (Å²) in [5.74, 6) is 1.13. The Balaban J connectivity index is 1.96. The molecule has 2 rings (SSSR count). The van der Waals surface area contributed by atoms with Crippen LogP contribution in [-0.2, 0) is 4.79 Å². The summed E-state index contributed by atoms with van der Waals surface area (Å²) in [4.78, 5) is 12.3. The van der Waals surface area contributed by atoms with Crippen molar-refractivity contribution in [2.75, 3.05) is 6.61 Å². The van der Waals surface area contributed by atoms with Crippen molar-refractivity contribution < 1.29 is 9.53 Å². The van der Waals surface area contributed by atoms with Crippen LogP contribution in [0.3, 0.4) is 0 Å². The van der Waals surface area contributed by atoms with Gasteiger partial charge in [0.05, 0.1) is 6.04 Å². The summed E-state index contributed by atoms with van der Waals surface area (Å²) in [7, 11) is 0. The van der Waals surface area contributed by atoms with E-state index in [-0.39, 0.29) is 18.6 Å². The van der Waals surface area contributed by atoms with Gasteiger partial charge in [0.1, 0.15) is 5.75 Å². The number of ether oxygens (including phenoxy) is 1. The summed E-state index contributed by atoms with van der Waals surface area (Å²) >= 11 is 0. The molecule has 2 aromatic rings. The minimum Gasteiger partial charge on any atom is -0.484 e. The Kier molecular flexibility index (Phi) is 6.42. The van der Waals surface area contributed by atoms with Crippen LogP contribution in [0.1, 0.15) is 43.0 Å². The van der Waals surface area contributed by atoms with Crippen LogP contribution in [0, 0.1) is 19.8 Å². The van der Waals surface area contributed by atoms with Crippen LogP contribution in [0.25, 0.3) is 0 Å². The Bertz CT molecular complexity index is 665. The number of nitrogens with one attached hydrogen (secondary N) is 1. The molecule has 0 spiro atoms. The van der Waals surface area contributed by atoms with Gasteiger partial charge in [-0.05, 0) is 55.0 Å². The van der Waals surface area contributed by atoms with E-state index in [2.05, 4.69) is 38.2 Å². The van der Waals surface area contributed by atoms with Crippen molar-refractivity contribution >= 4 is 5.91 Å². The van der Waals surface area contributed by atoms with Gasteiger partial charge in [-0.15, -0.1) is 0 Å². The van der Waals surface area contributed by atoms with Gasteiger partial charge in [0.15, 0.2) is 6.61 Å². The third-order valence-corrected chi connectivity index (χ3v) is 4.09. The van der Waals surface area contributed by atoms with Crippen molar-refractivity contribution in [1.29, 1.82) is 0 Å². The predicted octanol–water partition coefficient (Wildman–Crippen LogP) is 4.59. The third-order valence-electron chi connectivity index (χ3n) is 4.09. The number of rotatable bonds is 7. The normalized spacial score (nSPS) is 12.0. The highest BCUT2D eigenvalue weighted by atomic mass is 16.5. The first-order chi connectivity index (χ1) is 11.5. The van der Waals surface area contributed by atoms with E-state index >= 15 is 0 Å². The van der Waals surface area contributed by atoms with Gasteiger partial charge in [-0.2, -0.15) is 0 Å². The van der Waals surface area contributed by atoms with E-state index in [0.29, 0.717) is 5.92 Å². The highest BCUT2D eigenvalue weighted by Gasteiger charge is 2.16. The number of carbonyl (C=O) groups is 1. The lowest BCUT2D eigenvalue weighted by molar-refractivity contribution is -0.124. The Morgan fingerprint density at radius 3 is 2.38 bits per heavy atom. The van der Waals surface area contributed by atoms with Crippen LogP contribution in [0.4, 0.5) is 0 Å². The zero-order valence-corrected chi connectivity index (χ0v) is 15.0. The van der Waals surface area contributed by atoms with E-state index in [0.717, 1.165) is 23.3 Å². The Labute approximate surface area is 145 Å². The van der Waals surface area contributed by atoms with Gasteiger partial charge in [0.2, 0.25) is 0 Å². The molecule has 0 bridgehead atoms. The highest BCUT2D eigenvalue weighted by molar-refractivity contribution is 5.78. The molecule has 0 aliphatic heterocycles. The number of amides is 1. The van der Waals surface area contributed by atoms with Crippen LogP contribution in [-0.4, -0.2) is 12.5 Å². The second-order valence-electron chi connectivity index (χ2n) is 6.70. The number of carbonyl (C=O) groups excluding carboxylic acids is 1. The summed E-state index contributed by atoms with van der Waals surface area (Å²) in [5.41, 5.74) is 3.51. The smallest absolute Gasteiger partial charge is 0.258 e. The van der Waals surface area contributed by atoms with Crippen molar-refractivity contribution in [2.24, 2.45) is 5.92 Å². The van der Waals surface area contributed by atoms with Gasteiger partial charge in [0.25, 0.3) is 5.91 Å². The Morgan fingerprint density at radius 1 is 1.04 bits per heavy atom. The van der Waals surface area contributed by atoms with Gasteiger partial charge < -0.3 is 10.1 Å². The number of benzene rings is 2. The maximum atomic E-state index is 12.3. The fourth-order valence-electron chi connectivity index (χ4n) is 2.62. The molecule has 1 atom stereocenters. The lowest BCUT2D eigenvalue weighted by Crippen LogP contribution is -2.33. The molecule has 3 heteroatoms. The van der Waals surface area contributed by atoms with Crippen molar-refractivity contribution in [3.8, 4) is 5.75 Å². The number of hydrogen-bond acceptors (Lipinski definition) is 2. The van der Waals surface area contributed by atoms with Crippen LogP contribution in [0.2, 0.25) is 0 Å². The molecule has 0 aliphatic carbocycles. The lowest BCUT2D eigenvalue weighted by atomic mass is 9.97. The molecular weight excluding hydrogens is 298 g/mol. The van der Waals surface area contributed by atoms with Crippen LogP contribution < -0.4 is 10.1 Å². The van der Waals surface area contributed by atoms with Crippen LogP contribution >= 0.6 is 0 Å². The van der Waals surface area contributed by atoms with Crippen molar-refractivity contribution in [2.45, 2.75) is 40.2 Å². The lowest BCUT2D eigenvalue weighted by Gasteiger charge is -2.21. The second-order valence-corrected chi connectivity index (χ2v) is 6.70. The maximum Gasteiger partial charge on any atom is 0.258 e. The van der Waals surface area contributed by atoms with E-state index in [1.165, 1.54) is 5.56 Å². The molecule has 0 radical (unpaired) electrons. The second kappa shape index (κ2) is 8.53. The minimum absolute atomic E-state index is 0.0158. The molecule has 2 aromatic carbocycles. The fourth-order valence-corrected chi connectivity index (χ4v) is 2.62. The van der Waals surface area contributed by atoms with Crippen LogP contribution in [0.5, 0.6) is 5.75 Å². The minimum atomic E-state index is -0.0947. The summed E-state index contributed by atoms with van der Waals surface area (Å²) in [6, 6.07) is 16.0. The molecule has 3 nitrogen and oxygen atoms in total. The zero-order chi connectivity index (χ0) is 17.5. The first-order valence-electron chi connectivity index (χ1n) is 8.50. The number of aryl methyl sites for hydroxylation is 2. The van der Waals surface area contributed by atoms with E-state index in [1.54, 1.807) is 0 Å². The molecule has 0 saturated carbocycles. The molecule has 0 heterocycles. The van der Waals surface area contributed by atoms with Gasteiger partial charge in [-0.25, -0.2) is 0 Å². The summed E-state index contributed by atoms with van der Waals surface area (Å²) < 4.78 is 5.63. The SMILES string of the molecule is Cc1ccc(OCC(=O)NC(CC(C)C)c2ccccc2)cc1C. The fraction of sp³-hybridized carbons (Fsp3) is 0.381. The van der Waals surface area contributed by atoms with E-state index in [1.807, 2.05) is 43.3 Å². The highest BCUT2D eigenvalue weighted by Crippen LogP contribution is 2.21. The molecule has 0 saturated heterocycles. The van der Waals surface area contributed by atoms with Crippen molar-refractivity contribution in [3.63, 3.8) is 0 Å². The largest absolute Gasteiger partial charge is 0.484 e. The first-order valence-corrected chi connectivity index (χ1v) is 8.50. The molecule has 24 heavy (non-hydrogen) atoms. The van der Waals surface area contributed by atoms with E-state index in [9.17, 15) is 4.79 Å².